The standard InChI is InChI=1S/C22H26N4O3S2/c1-6-29-21(28)17-16(15-10-8-7-9-11-15)12-30-20(17)23-19(27)14(4)31-22-25-24-18(13(2)3)26(22)5/h7-14H,6H2,1-5H3,(H,23,27). The number of hydrogen-bond acceptors (Lipinski definition) is 7. The van der Waals surface area contributed by atoms with Crippen molar-refractivity contribution in [3.8, 4) is 11.1 Å². The SMILES string of the molecule is CCOC(=O)c1c(-c2ccccc2)csc1NC(=O)C(C)Sc1nnc(C(C)C)n1C. The first-order valence-corrected chi connectivity index (χ1v) is 11.8. The predicted molar refractivity (Wildman–Crippen MR) is 125 cm³/mol. The van der Waals surface area contributed by atoms with E-state index in [0.29, 0.717) is 15.7 Å². The molecule has 2 aromatic heterocycles. The number of anilines is 1. The molecule has 0 aliphatic rings. The molecule has 3 rings (SSSR count). The number of benzene rings is 1. The fraction of sp³-hybridized carbons (Fsp3) is 0.364. The lowest BCUT2D eigenvalue weighted by atomic mass is 10.0. The highest BCUT2D eigenvalue weighted by atomic mass is 32.2. The van der Waals surface area contributed by atoms with Crippen molar-refractivity contribution in [2.24, 2.45) is 7.05 Å². The third kappa shape index (κ3) is 5.16. The lowest BCUT2D eigenvalue weighted by Crippen LogP contribution is -2.23. The van der Waals surface area contributed by atoms with Gasteiger partial charge in [0.25, 0.3) is 0 Å². The van der Waals surface area contributed by atoms with Gasteiger partial charge in [0.05, 0.1) is 11.9 Å². The van der Waals surface area contributed by atoms with E-state index in [1.54, 1.807) is 13.8 Å². The second-order valence-electron chi connectivity index (χ2n) is 7.24. The fourth-order valence-electron chi connectivity index (χ4n) is 3.04. The van der Waals surface area contributed by atoms with Gasteiger partial charge in [-0.05, 0) is 19.4 Å². The molecule has 3 aromatic rings. The molecule has 0 radical (unpaired) electrons. The summed E-state index contributed by atoms with van der Waals surface area (Å²) in [5.74, 6) is 0.440. The number of thiophene rings is 1. The molecule has 7 nitrogen and oxygen atoms in total. The Balaban J connectivity index is 1.82. The van der Waals surface area contributed by atoms with Crippen LogP contribution >= 0.6 is 23.1 Å². The molecule has 0 aliphatic carbocycles. The molecule has 0 saturated heterocycles. The van der Waals surface area contributed by atoms with Gasteiger partial charge in [0.15, 0.2) is 5.16 Å². The summed E-state index contributed by atoms with van der Waals surface area (Å²) in [7, 11) is 1.90. The highest BCUT2D eigenvalue weighted by Crippen LogP contribution is 2.36. The minimum atomic E-state index is -0.451. The summed E-state index contributed by atoms with van der Waals surface area (Å²) in [6, 6.07) is 9.58. The number of nitrogens with one attached hydrogen (secondary N) is 1. The zero-order chi connectivity index (χ0) is 22.5. The van der Waals surface area contributed by atoms with Crippen LogP contribution in [0.25, 0.3) is 11.1 Å². The third-order valence-corrected chi connectivity index (χ3v) is 6.66. The minimum Gasteiger partial charge on any atom is -0.462 e. The van der Waals surface area contributed by atoms with Gasteiger partial charge in [0.1, 0.15) is 16.4 Å². The molecule has 1 unspecified atom stereocenters. The number of carbonyl (C=O) groups excluding carboxylic acids is 2. The van der Waals surface area contributed by atoms with Gasteiger partial charge in [-0.25, -0.2) is 4.79 Å². The highest BCUT2D eigenvalue weighted by molar-refractivity contribution is 8.00. The Morgan fingerprint density at radius 1 is 1.19 bits per heavy atom. The van der Waals surface area contributed by atoms with Crippen molar-refractivity contribution in [3.63, 3.8) is 0 Å². The Kier molecular flexibility index (Phi) is 7.50. The first kappa shape index (κ1) is 23.0. The zero-order valence-corrected chi connectivity index (χ0v) is 19.8. The number of thioether (sulfide) groups is 1. The van der Waals surface area contributed by atoms with Crippen LogP contribution in [-0.4, -0.2) is 38.5 Å². The summed E-state index contributed by atoms with van der Waals surface area (Å²) < 4.78 is 7.16. The Bertz CT molecular complexity index is 1060. The molecule has 9 heteroatoms. The van der Waals surface area contributed by atoms with Gasteiger partial charge in [0.2, 0.25) is 5.91 Å². The molecule has 1 aromatic carbocycles. The molecule has 164 valence electrons. The lowest BCUT2D eigenvalue weighted by molar-refractivity contribution is -0.115. The minimum absolute atomic E-state index is 0.217. The van der Waals surface area contributed by atoms with Gasteiger partial charge >= 0.3 is 5.97 Å². The molecular weight excluding hydrogens is 432 g/mol. The summed E-state index contributed by atoms with van der Waals surface area (Å²) in [6.45, 7) is 7.92. The van der Waals surface area contributed by atoms with Gasteiger partial charge in [-0.1, -0.05) is 55.9 Å². The predicted octanol–water partition coefficient (Wildman–Crippen LogP) is 4.96. The van der Waals surface area contributed by atoms with Crippen LogP contribution in [0.3, 0.4) is 0 Å². The molecule has 1 atom stereocenters. The van der Waals surface area contributed by atoms with Crippen molar-refractivity contribution in [2.75, 3.05) is 11.9 Å². The van der Waals surface area contributed by atoms with Crippen LogP contribution in [0.4, 0.5) is 5.00 Å². The van der Waals surface area contributed by atoms with E-state index in [9.17, 15) is 9.59 Å². The van der Waals surface area contributed by atoms with Crippen LogP contribution in [0, 0.1) is 0 Å². The second-order valence-corrected chi connectivity index (χ2v) is 9.43. The van der Waals surface area contributed by atoms with E-state index >= 15 is 0 Å². The molecule has 0 bridgehead atoms. The topological polar surface area (TPSA) is 86.1 Å². The van der Waals surface area contributed by atoms with E-state index < -0.39 is 11.2 Å². The summed E-state index contributed by atoms with van der Waals surface area (Å²) in [5, 5.41) is 13.9. The molecule has 0 aliphatic heterocycles. The van der Waals surface area contributed by atoms with Crippen LogP contribution in [0.15, 0.2) is 40.9 Å². The van der Waals surface area contributed by atoms with Gasteiger partial charge in [-0.2, -0.15) is 0 Å². The van der Waals surface area contributed by atoms with E-state index in [1.165, 1.54) is 23.1 Å². The number of aromatic nitrogens is 3. The van der Waals surface area contributed by atoms with Crippen molar-refractivity contribution in [2.45, 2.75) is 44.0 Å². The summed E-state index contributed by atoms with van der Waals surface area (Å²) in [5.41, 5.74) is 2.02. The Morgan fingerprint density at radius 2 is 1.90 bits per heavy atom. The molecule has 2 heterocycles. The fourth-order valence-corrected chi connectivity index (χ4v) is 4.82. The highest BCUT2D eigenvalue weighted by Gasteiger charge is 2.25. The maximum absolute atomic E-state index is 12.9. The van der Waals surface area contributed by atoms with Crippen LogP contribution < -0.4 is 5.32 Å². The molecular formula is C22H26N4O3S2. The Morgan fingerprint density at radius 3 is 2.52 bits per heavy atom. The van der Waals surface area contributed by atoms with Crippen LogP contribution in [-0.2, 0) is 16.6 Å². The van der Waals surface area contributed by atoms with Crippen LogP contribution in [0.5, 0.6) is 0 Å². The molecule has 31 heavy (non-hydrogen) atoms. The smallest absolute Gasteiger partial charge is 0.341 e. The van der Waals surface area contributed by atoms with Crippen LogP contribution in [0.2, 0.25) is 0 Å². The summed E-state index contributed by atoms with van der Waals surface area (Å²) in [6.07, 6.45) is 0. The number of amides is 1. The molecule has 1 N–H and O–H groups in total. The van der Waals surface area contributed by atoms with Crippen molar-refractivity contribution < 1.29 is 14.3 Å². The lowest BCUT2D eigenvalue weighted by Gasteiger charge is -2.13. The monoisotopic (exact) mass is 458 g/mol. The van der Waals surface area contributed by atoms with Crippen molar-refractivity contribution >= 4 is 40.0 Å². The average molecular weight is 459 g/mol. The maximum Gasteiger partial charge on any atom is 0.341 e. The first-order chi connectivity index (χ1) is 14.8. The molecule has 0 spiro atoms. The van der Waals surface area contributed by atoms with Crippen molar-refractivity contribution in [1.29, 1.82) is 0 Å². The second kappa shape index (κ2) is 10.1. The normalized spacial score (nSPS) is 12.1. The van der Waals surface area contributed by atoms with Gasteiger partial charge in [-0.15, -0.1) is 21.5 Å². The Hall–Kier alpha value is -2.65. The third-order valence-electron chi connectivity index (χ3n) is 4.63. The number of nitrogens with zero attached hydrogens (tertiary/aromatic N) is 3. The first-order valence-electron chi connectivity index (χ1n) is 10.0. The van der Waals surface area contributed by atoms with E-state index in [-0.39, 0.29) is 18.4 Å². The van der Waals surface area contributed by atoms with E-state index in [2.05, 4.69) is 15.5 Å². The van der Waals surface area contributed by atoms with Crippen molar-refractivity contribution in [1.82, 2.24) is 14.8 Å². The van der Waals surface area contributed by atoms with Crippen LogP contribution in [0.1, 0.15) is 49.8 Å². The largest absolute Gasteiger partial charge is 0.462 e. The maximum atomic E-state index is 12.9. The van der Waals surface area contributed by atoms with E-state index in [0.717, 1.165) is 17.0 Å². The average Bonchev–Trinajstić information content (AvgIpc) is 3.32. The number of hydrogen-bond donors (Lipinski definition) is 1. The van der Waals surface area contributed by atoms with Gasteiger partial charge in [-0.3, -0.25) is 4.79 Å². The molecule has 0 fully saturated rings. The number of carbonyl (C=O) groups is 2. The van der Waals surface area contributed by atoms with Gasteiger partial charge < -0.3 is 14.6 Å². The number of ether oxygens (including phenoxy) is 1. The number of rotatable bonds is 8. The molecule has 0 saturated carbocycles. The van der Waals surface area contributed by atoms with E-state index in [1.807, 2.05) is 61.2 Å². The van der Waals surface area contributed by atoms with E-state index in [4.69, 9.17) is 4.74 Å². The van der Waals surface area contributed by atoms with Crippen molar-refractivity contribution in [3.05, 3.63) is 47.1 Å². The quantitative estimate of drug-likeness (QED) is 0.379. The molecule has 1 amide bonds. The van der Waals surface area contributed by atoms with Gasteiger partial charge in [0, 0.05) is 23.9 Å². The zero-order valence-electron chi connectivity index (χ0n) is 18.2. The Labute approximate surface area is 190 Å². The summed E-state index contributed by atoms with van der Waals surface area (Å²) in [4.78, 5) is 25.6. The number of esters is 1. The summed E-state index contributed by atoms with van der Waals surface area (Å²) >= 11 is 2.64.